The number of hydrogen-bond acceptors (Lipinski definition) is 4. The summed E-state index contributed by atoms with van der Waals surface area (Å²) in [5.74, 6) is 0.780. The molecule has 2 aromatic carbocycles. The predicted molar refractivity (Wildman–Crippen MR) is 126 cm³/mol. The van der Waals surface area contributed by atoms with Crippen LogP contribution in [0.4, 0.5) is 5.69 Å². The minimum absolute atomic E-state index is 0.00838. The Morgan fingerprint density at radius 1 is 1.00 bits per heavy atom. The third-order valence-corrected chi connectivity index (χ3v) is 5.14. The number of rotatable bonds is 7. The number of carbonyl (C=O) groups is 1. The summed E-state index contributed by atoms with van der Waals surface area (Å²) in [7, 11) is 3.51. The highest BCUT2D eigenvalue weighted by molar-refractivity contribution is 5.93. The molecule has 1 saturated heterocycles. The Balaban J connectivity index is 1.55. The molecule has 1 amide bonds. The molecule has 7 nitrogen and oxygen atoms in total. The first-order chi connectivity index (χ1) is 15.1. The molecule has 0 aliphatic carbocycles. The Hall–Kier alpha value is -3.06. The first-order valence-corrected chi connectivity index (χ1v) is 10.8. The van der Waals surface area contributed by atoms with E-state index in [1.807, 2.05) is 24.3 Å². The fraction of sp³-hybridized carbons (Fsp3) is 0.417. The number of carbonyl (C=O) groups excluding carboxylic acids is 1. The molecule has 2 N–H and O–H groups in total. The van der Waals surface area contributed by atoms with Gasteiger partial charge >= 0.3 is 0 Å². The van der Waals surface area contributed by atoms with E-state index in [0.717, 1.165) is 44.4 Å². The molecule has 2 aromatic rings. The van der Waals surface area contributed by atoms with Gasteiger partial charge in [0.2, 0.25) is 0 Å². The van der Waals surface area contributed by atoms with E-state index in [9.17, 15) is 4.79 Å². The summed E-state index contributed by atoms with van der Waals surface area (Å²) in [6.45, 7) is 7.55. The average molecular weight is 424 g/mol. The number of anilines is 1. The van der Waals surface area contributed by atoms with Crippen molar-refractivity contribution >= 4 is 17.6 Å². The van der Waals surface area contributed by atoms with Crippen LogP contribution in [0.15, 0.2) is 53.5 Å². The third kappa shape index (κ3) is 6.72. The van der Waals surface area contributed by atoms with Crippen LogP contribution in [0.25, 0.3) is 0 Å². The van der Waals surface area contributed by atoms with Gasteiger partial charge in [-0.1, -0.05) is 24.3 Å². The molecule has 1 fully saturated rings. The molecule has 1 heterocycles. The Bertz CT molecular complexity index is 857. The van der Waals surface area contributed by atoms with Crippen LogP contribution in [-0.4, -0.2) is 63.7 Å². The molecule has 0 spiro atoms. The number of ether oxygens (including phenoxy) is 1. The average Bonchev–Trinajstić information content (AvgIpc) is 2.81. The van der Waals surface area contributed by atoms with E-state index in [2.05, 4.69) is 46.7 Å². The molecule has 3 rings (SSSR count). The summed E-state index contributed by atoms with van der Waals surface area (Å²) in [6, 6.07) is 16.3. The topological polar surface area (TPSA) is 69.2 Å². The number of nitrogens with zero attached hydrogens (tertiary/aromatic N) is 3. The molecule has 0 atom stereocenters. The molecular weight excluding hydrogens is 390 g/mol. The Morgan fingerprint density at radius 3 is 2.26 bits per heavy atom. The van der Waals surface area contributed by atoms with Crippen molar-refractivity contribution in [2.24, 2.45) is 4.99 Å². The maximum absolute atomic E-state index is 12.0. The Labute approximate surface area is 185 Å². The van der Waals surface area contributed by atoms with Gasteiger partial charge in [0.05, 0.1) is 19.8 Å². The van der Waals surface area contributed by atoms with Crippen molar-refractivity contribution in [3.63, 3.8) is 0 Å². The van der Waals surface area contributed by atoms with Crippen molar-refractivity contribution in [1.82, 2.24) is 15.5 Å². The highest BCUT2D eigenvalue weighted by Crippen LogP contribution is 2.17. The van der Waals surface area contributed by atoms with Crippen LogP contribution < -0.4 is 15.5 Å². The number of benzene rings is 2. The van der Waals surface area contributed by atoms with E-state index in [-0.39, 0.29) is 5.91 Å². The van der Waals surface area contributed by atoms with Gasteiger partial charge in [-0.25, -0.2) is 4.99 Å². The van der Waals surface area contributed by atoms with Gasteiger partial charge in [0.15, 0.2) is 5.96 Å². The van der Waals surface area contributed by atoms with Gasteiger partial charge in [-0.05, 0) is 42.3 Å². The molecule has 0 bridgehead atoms. The van der Waals surface area contributed by atoms with Gasteiger partial charge in [0, 0.05) is 51.5 Å². The van der Waals surface area contributed by atoms with Crippen molar-refractivity contribution in [2.45, 2.75) is 20.0 Å². The lowest BCUT2D eigenvalue weighted by Crippen LogP contribution is -2.36. The number of aliphatic imine (C=N–C) groups is 1. The van der Waals surface area contributed by atoms with Crippen LogP contribution in [-0.2, 0) is 17.8 Å². The second-order valence-corrected chi connectivity index (χ2v) is 7.71. The molecule has 0 aromatic heterocycles. The third-order valence-electron chi connectivity index (χ3n) is 5.14. The second kappa shape index (κ2) is 11.4. The fourth-order valence-corrected chi connectivity index (χ4v) is 3.35. The Kier molecular flexibility index (Phi) is 8.29. The van der Waals surface area contributed by atoms with Crippen LogP contribution >= 0.6 is 0 Å². The fourth-order valence-electron chi connectivity index (χ4n) is 3.35. The summed E-state index contributed by atoms with van der Waals surface area (Å²) in [6.07, 6.45) is 0. The molecule has 0 unspecified atom stereocenters. The van der Waals surface area contributed by atoms with Gasteiger partial charge in [0.1, 0.15) is 0 Å². The van der Waals surface area contributed by atoms with Crippen LogP contribution in [0.5, 0.6) is 0 Å². The monoisotopic (exact) mass is 423 g/mol. The van der Waals surface area contributed by atoms with Crippen molar-refractivity contribution < 1.29 is 9.53 Å². The number of guanidine groups is 1. The van der Waals surface area contributed by atoms with E-state index < -0.39 is 0 Å². The number of amides is 1. The molecule has 1 aliphatic rings. The zero-order valence-corrected chi connectivity index (χ0v) is 18.7. The summed E-state index contributed by atoms with van der Waals surface area (Å²) < 4.78 is 5.42. The standard InChI is InChI=1S/C24H33N5O2/c1-4-25-24(26-17-19-5-9-21(10-6-19)23(30)28(2)3)27-18-20-7-11-22(12-8-20)29-13-15-31-16-14-29/h5-12H,4,13-18H2,1-3H3,(H2,25,26,27). The van der Waals surface area contributed by atoms with Crippen LogP contribution in [0.2, 0.25) is 0 Å². The quantitative estimate of drug-likeness (QED) is 0.529. The summed E-state index contributed by atoms with van der Waals surface area (Å²) in [4.78, 5) is 20.6. The lowest BCUT2D eigenvalue weighted by molar-refractivity contribution is 0.0827. The smallest absolute Gasteiger partial charge is 0.253 e. The molecule has 0 radical (unpaired) electrons. The van der Waals surface area contributed by atoms with Gasteiger partial charge in [-0.15, -0.1) is 0 Å². The molecule has 7 heteroatoms. The van der Waals surface area contributed by atoms with Crippen LogP contribution in [0, 0.1) is 0 Å². The molecule has 0 saturated carbocycles. The van der Waals surface area contributed by atoms with E-state index >= 15 is 0 Å². The first kappa shape index (κ1) is 22.6. The van der Waals surface area contributed by atoms with E-state index in [1.165, 1.54) is 11.3 Å². The second-order valence-electron chi connectivity index (χ2n) is 7.71. The summed E-state index contributed by atoms with van der Waals surface area (Å²) in [5, 5.41) is 6.65. The highest BCUT2D eigenvalue weighted by atomic mass is 16.5. The predicted octanol–water partition coefficient (Wildman–Crippen LogP) is 2.48. The molecule has 166 valence electrons. The van der Waals surface area contributed by atoms with Gasteiger partial charge in [-0.2, -0.15) is 0 Å². The molecule has 1 aliphatic heterocycles. The van der Waals surface area contributed by atoms with Gasteiger partial charge in [-0.3, -0.25) is 4.79 Å². The van der Waals surface area contributed by atoms with Crippen LogP contribution in [0.3, 0.4) is 0 Å². The molecular formula is C24H33N5O2. The zero-order valence-electron chi connectivity index (χ0n) is 18.7. The van der Waals surface area contributed by atoms with E-state index in [4.69, 9.17) is 9.73 Å². The van der Waals surface area contributed by atoms with Gasteiger partial charge in [0.25, 0.3) is 5.91 Å². The minimum atomic E-state index is 0.00838. The van der Waals surface area contributed by atoms with E-state index in [0.29, 0.717) is 18.7 Å². The van der Waals surface area contributed by atoms with Crippen molar-refractivity contribution in [1.29, 1.82) is 0 Å². The van der Waals surface area contributed by atoms with E-state index in [1.54, 1.807) is 19.0 Å². The Morgan fingerprint density at radius 2 is 1.65 bits per heavy atom. The molecule has 31 heavy (non-hydrogen) atoms. The minimum Gasteiger partial charge on any atom is -0.378 e. The first-order valence-electron chi connectivity index (χ1n) is 10.8. The van der Waals surface area contributed by atoms with Crippen molar-refractivity contribution in [3.05, 3.63) is 65.2 Å². The SMILES string of the molecule is CCNC(=NCc1ccc(N2CCOCC2)cc1)NCc1ccc(C(=O)N(C)C)cc1. The normalized spacial score (nSPS) is 14.3. The zero-order chi connectivity index (χ0) is 22.1. The number of morpholine rings is 1. The van der Waals surface area contributed by atoms with Crippen molar-refractivity contribution in [2.75, 3.05) is 51.8 Å². The summed E-state index contributed by atoms with van der Waals surface area (Å²) in [5.41, 5.74) is 4.18. The number of nitrogens with one attached hydrogen (secondary N) is 2. The maximum atomic E-state index is 12.0. The summed E-state index contributed by atoms with van der Waals surface area (Å²) >= 11 is 0. The van der Waals surface area contributed by atoms with Crippen molar-refractivity contribution in [3.8, 4) is 0 Å². The lowest BCUT2D eigenvalue weighted by Gasteiger charge is -2.28. The lowest BCUT2D eigenvalue weighted by atomic mass is 10.1. The number of hydrogen-bond donors (Lipinski definition) is 2. The van der Waals surface area contributed by atoms with Gasteiger partial charge < -0.3 is 25.2 Å². The maximum Gasteiger partial charge on any atom is 0.253 e. The highest BCUT2D eigenvalue weighted by Gasteiger charge is 2.11. The van der Waals surface area contributed by atoms with Crippen LogP contribution in [0.1, 0.15) is 28.4 Å². The largest absolute Gasteiger partial charge is 0.378 e.